The van der Waals surface area contributed by atoms with Crippen LogP contribution in [0.5, 0.6) is 0 Å². The van der Waals surface area contributed by atoms with Crippen molar-refractivity contribution in [3.8, 4) is 0 Å². The molecule has 0 saturated heterocycles. The average molecular weight is 327 g/mol. The summed E-state index contributed by atoms with van der Waals surface area (Å²) in [6, 6.07) is 11.0. The zero-order valence-corrected chi connectivity index (χ0v) is 13.0. The molecule has 2 N–H and O–H groups in total. The fourth-order valence-electron chi connectivity index (χ4n) is 2.30. The summed E-state index contributed by atoms with van der Waals surface area (Å²) in [6.07, 6.45) is 1.47. The van der Waals surface area contributed by atoms with Crippen molar-refractivity contribution < 1.29 is 9.21 Å². The Hall–Kier alpha value is -2.74. The van der Waals surface area contributed by atoms with E-state index in [9.17, 15) is 4.79 Å². The number of hydrogen-bond acceptors (Lipinski definition) is 6. The Morgan fingerprint density at radius 1 is 1.30 bits per heavy atom. The minimum absolute atomic E-state index is 0.0778. The van der Waals surface area contributed by atoms with Gasteiger partial charge in [-0.2, -0.15) is 0 Å². The number of benzene rings is 1. The molecule has 1 atom stereocenters. The topological polar surface area (TPSA) is 85.0 Å². The molecule has 0 saturated carbocycles. The van der Waals surface area contributed by atoms with Crippen LogP contribution in [-0.2, 0) is 0 Å². The number of anilines is 1. The second kappa shape index (κ2) is 5.47. The van der Waals surface area contributed by atoms with Gasteiger partial charge in [0.05, 0.1) is 6.26 Å². The first-order valence-electron chi connectivity index (χ1n) is 7.01. The van der Waals surface area contributed by atoms with Gasteiger partial charge in [0.25, 0.3) is 5.91 Å². The van der Waals surface area contributed by atoms with Crippen LogP contribution in [0.4, 0.5) is 5.69 Å². The molecule has 3 heterocycles. The van der Waals surface area contributed by atoms with Crippen LogP contribution in [0.25, 0.3) is 0 Å². The third kappa shape index (κ3) is 2.57. The lowest BCUT2D eigenvalue weighted by Gasteiger charge is -2.12. The molecule has 1 aromatic carbocycles. The van der Waals surface area contributed by atoms with E-state index in [1.807, 2.05) is 35.9 Å². The molecule has 0 unspecified atom stereocenters. The van der Waals surface area contributed by atoms with E-state index >= 15 is 0 Å². The lowest BCUT2D eigenvalue weighted by molar-refractivity contribution is 0.0996. The molecule has 116 valence electrons. The van der Waals surface area contributed by atoms with Gasteiger partial charge in [-0.3, -0.25) is 4.79 Å². The van der Waals surface area contributed by atoms with Crippen LogP contribution in [-0.4, -0.2) is 20.8 Å². The highest BCUT2D eigenvalue weighted by Gasteiger charge is 2.26. The largest absolute Gasteiger partial charge is 0.459 e. The highest BCUT2D eigenvalue weighted by atomic mass is 32.2. The molecule has 23 heavy (non-hydrogen) atoms. The number of rotatable bonds is 3. The van der Waals surface area contributed by atoms with Crippen molar-refractivity contribution in [1.29, 1.82) is 0 Å². The maximum atomic E-state index is 11.9. The first-order valence-corrected chi connectivity index (χ1v) is 7.89. The number of aromatic nitrogens is 3. The van der Waals surface area contributed by atoms with Gasteiger partial charge in [-0.05, 0) is 36.8 Å². The predicted octanol–water partition coefficient (Wildman–Crippen LogP) is 2.78. The fourth-order valence-corrected chi connectivity index (χ4v) is 3.34. The molecular weight excluding hydrogens is 314 g/mol. The zero-order chi connectivity index (χ0) is 15.8. The maximum Gasteiger partial charge on any atom is 0.291 e. The number of hydrogen-bond donors (Lipinski definition) is 2. The Labute approximate surface area is 136 Å². The van der Waals surface area contributed by atoms with Crippen LogP contribution >= 0.6 is 11.8 Å². The zero-order valence-electron chi connectivity index (χ0n) is 12.2. The van der Waals surface area contributed by atoms with Crippen molar-refractivity contribution in [2.75, 3.05) is 10.7 Å². The van der Waals surface area contributed by atoms with E-state index in [1.165, 1.54) is 6.26 Å². The summed E-state index contributed by atoms with van der Waals surface area (Å²) in [4.78, 5) is 11.9. The Kier molecular flexibility index (Phi) is 3.30. The van der Waals surface area contributed by atoms with Crippen molar-refractivity contribution >= 4 is 23.4 Å². The molecular formula is C15H13N5O2S. The van der Waals surface area contributed by atoms with Crippen molar-refractivity contribution in [1.82, 2.24) is 14.9 Å². The molecule has 1 aliphatic heterocycles. The number of nitrogens with one attached hydrogen (secondary N) is 2. The van der Waals surface area contributed by atoms with Crippen LogP contribution in [0.1, 0.15) is 27.3 Å². The second-order valence-corrected chi connectivity index (χ2v) is 6.12. The van der Waals surface area contributed by atoms with E-state index in [-0.39, 0.29) is 17.0 Å². The standard InChI is InChI=1S/C15H13N5O2S/c1-9-17-18-15-20(9)19-14(23-15)10-4-6-11(7-5-10)16-13(21)12-3-2-8-22-12/h2-8,14,19H,1H3,(H,16,21)/t14-/m0/s1. The van der Waals surface area contributed by atoms with E-state index < -0.39 is 0 Å². The van der Waals surface area contributed by atoms with Crippen molar-refractivity contribution in [2.45, 2.75) is 17.5 Å². The third-order valence-corrected chi connectivity index (χ3v) is 4.57. The summed E-state index contributed by atoms with van der Waals surface area (Å²) in [5.74, 6) is 0.853. The van der Waals surface area contributed by atoms with E-state index in [1.54, 1.807) is 23.9 Å². The molecule has 7 nitrogen and oxygen atoms in total. The predicted molar refractivity (Wildman–Crippen MR) is 85.8 cm³/mol. The van der Waals surface area contributed by atoms with Gasteiger partial charge in [0.1, 0.15) is 11.2 Å². The van der Waals surface area contributed by atoms with Crippen LogP contribution < -0.4 is 10.7 Å². The monoisotopic (exact) mass is 327 g/mol. The number of fused-ring (bicyclic) bond motifs is 1. The lowest BCUT2D eigenvalue weighted by atomic mass is 10.2. The molecule has 2 aromatic heterocycles. The van der Waals surface area contributed by atoms with Crippen LogP contribution in [0.3, 0.4) is 0 Å². The Balaban J connectivity index is 1.46. The van der Waals surface area contributed by atoms with E-state index in [4.69, 9.17) is 4.42 Å². The number of amides is 1. The van der Waals surface area contributed by atoms with Gasteiger partial charge in [0.15, 0.2) is 5.76 Å². The van der Waals surface area contributed by atoms with Gasteiger partial charge in [0, 0.05) is 5.69 Å². The summed E-state index contributed by atoms with van der Waals surface area (Å²) < 4.78 is 6.95. The summed E-state index contributed by atoms with van der Waals surface area (Å²) in [5, 5.41) is 11.8. The first-order chi connectivity index (χ1) is 11.2. The van der Waals surface area contributed by atoms with Gasteiger partial charge < -0.3 is 15.2 Å². The molecule has 1 aliphatic rings. The van der Waals surface area contributed by atoms with Gasteiger partial charge in [0.2, 0.25) is 5.16 Å². The number of carbonyl (C=O) groups excluding carboxylic acids is 1. The molecule has 0 spiro atoms. The number of carbonyl (C=O) groups is 1. The highest BCUT2D eigenvalue weighted by Crippen LogP contribution is 2.38. The number of aryl methyl sites for hydroxylation is 1. The summed E-state index contributed by atoms with van der Waals surface area (Å²) in [5.41, 5.74) is 5.14. The molecule has 1 amide bonds. The molecule has 0 bridgehead atoms. The quantitative estimate of drug-likeness (QED) is 0.769. The van der Waals surface area contributed by atoms with Crippen molar-refractivity contribution in [3.63, 3.8) is 0 Å². The van der Waals surface area contributed by atoms with Crippen LogP contribution in [0.15, 0.2) is 52.2 Å². The Morgan fingerprint density at radius 2 is 2.13 bits per heavy atom. The minimum Gasteiger partial charge on any atom is -0.459 e. The number of nitrogens with zero attached hydrogens (tertiary/aromatic N) is 3. The van der Waals surface area contributed by atoms with E-state index in [0.717, 1.165) is 16.5 Å². The average Bonchev–Trinajstić information content (AvgIpc) is 3.27. The van der Waals surface area contributed by atoms with Gasteiger partial charge in [-0.25, -0.2) is 4.68 Å². The van der Waals surface area contributed by atoms with Crippen molar-refractivity contribution in [2.24, 2.45) is 0 Å². The van der Waals surface area contributed by atoms with Crippen molar-refractivity contribution in [3.05, 3.63) is 59.8 Å². The van der Waals surface area contributed by atoms with Gasteiger partial charge >= 0.3 is 0 Å². The Morgan fingerprint density at radius 3 is 2.83 bits per heavy atom. The van der Waals surface area contributed by atoms with Crippen LogP contribution in [0.2, 0.25) is 0 Å². The van der Waals surface area contributed by atoms with E-state index in [2.05, 4.69) is 20.9 Å². The number of thioether (sulfide) groups is 1. The third-order valence-electron chi connectivity index (χ3n) is 3.48. The van der Waals surface area contributed by atoms with Gasteiger partial charge in [-0.1, -0.05) is 23.9 Å². The summed E-state index contributed by atoms with van der Waals surface area (Å²) in [7, 11) is 0. The lowest BCUT2D eigenvalue weighted by Crippen LogP contribution is -2.14. The Bertz CT molecular complexity index is 841. The van der Waals surface area contributed by atoms with E-state index in [0.29, 0.717) is 5.69 Å². The van der Waals surface area contributed by atoms with Crippen LogP contribution in [0, 0.1) is 6.92 Å². The molecule has 3 aromatic rings. The maximum absolute atomic E-state index is 11.9. The second-order valence-electron chi connectivity index (χ2n) is 5.05. The summed E-state index contributed by atoms with van der Waals surface area (Å²) >= 11 is 1.60. The van der Waals surface area contributed by atoms with Gasteiger partial charge in [-0.15, -0.1) is 10.2 Å². The molecule has 8 heteroatoms. The fraction of sp³-hybridized carbons (Fsp3) is 0.133. The SMILES string of the molecule is Cc1nnc2n1N[C@H](c1ccc(NC(=O)c3ccco3)cc1)S2. The highest BCUT2D eigenvalue weighted by molar-refractivity contribution is 7.99. The molecule has 0 radical (unpaired) electrons. The molecule has 0 fully saturated rings. The molecule has 0 aliphatic carbocycles. The smallest absolute Gasteiger partial charge is 0.291 e. The first kappa shape index (κ1) is 13.9. The molecule has 4 rings (SSSR count). The normalized spacial score (nSPS) is 16.0. The number of furan rings is 1. The summed E-state index contributed by atoms with van der Waals surface area (Å²) in [6.45, 7) is 1.90. The minimum atomic E-state index is -0.266.